The standard InChI is InChI=1S/C14H16BrN3O/c1-19-10-6-7-12(15)11(8-10)14-16-13(17-18-14)9-4-2-3-5-9/h6-9H,2-5H2,1H3,(H,16,17,18). The zero-order valence-corrected chi connectivity index (χ0v) is 12.4. The molecule has 0 amide bonds. The number of aromatic amines is 1. The maximum atomic E-state index is 5.25. The molecule has 2 aromatic rings. The smallest absolute Gasteiger partial charge is 0.182 e. The molecule has 0 aliphatic heterocycles. The van der Waals surface area contributed by atoms with E-state index in [2.05, 4.69) is 31.1 Å². The molecule has 4 nitrogen and oxygen atoms in total. The fourth-order valence-corrected chi connectivity index (χ4v) is 3.00. The topological polar surface area (TPSA) is 50.8 Å². The number of nitrogens with one attached hydrogen (secondary N) is 1. The Morgan fingerprint density at radius 2 is 2.11 bits per heavy atom. The van der Waals surface area contributed by atoms with Crippen LogP contribution < -0.4 is 4.74 Å². The Morgan fingerprint density at radius 1 is 1.32 bits per heavy atom. The predicted octanol–water partition coefficient (Wildman–Crippen LogP) is 3.90. The Kier molecular flexibility index (Phi) is 3.55. The highest BCUT2D eigenvalue weighted by Gasteiger charge is 2.21. The van der Waals surface area contributed by atoms with Crippen molar-refractivity contribution in [1.29, 1.82) is 0 Å². The van der Waals surface area contributed by atoms with Gasteiger partial charge >= 0.3 is 0 Å². The van der Waals surface area contributed by atoms with Gasteiger partial charge in [0.2, 0.25) is 0 Å². The van der Waals surface area contributed by atoms with Gasteiger partial charge in [-0.15, -0.1) is 0 Å². The minimum Gasteiger partial charge on any atom is -0.497 e. The molecule has 100 valence electrons. The van der Waals surface area contributed by atoms with Gasteiger partial charge < -0.3 is 4.74 Å². The second-order valence-electron chi connectivity index (χ2n) is 4.87. The van der Waals surface area contributed by atoms with E-state index in [9.17, 15) is 0 Å². The first-order chi connectivity index (χ1) is 9.28. The Morgan fingerprint density at radius 3 is 2.84 bits per heavy atom. The lowest BCUT2D eigenvalue weighted by Gasteiger charge is -2.04. The summed E-state index contributed by atoms with van der Waals surface area (Å²) in [5.74, 6) is 3.10. The summed E-state index contributed by atoms with van der Waals surface area (Å²) in [7, 11) is 1.66. The first-order valence-corrected chi connectivity index (χ1v) is 7.33. The van der Waals surface area contributed by atoms with Crippen LogP contribution in [0, 0.1) is 0 Å². The summed E-state index contributed by atoms with van der Waals surface area (Å²) in [6, 6.07) is 5.82. The fourth-order valence-electron chi connectivity index (χ4n) is 2.58. The van der Waals surface area contributed by atoms with Gasteiger partial charge in [-0.05, 0) is 31.0 Å². The van der Waals surface area contributed by atoms with Crippen molar-refractivity contribution in [2.45, 2.75) is 31.6 Å². The Balaban J connectivity index is 1.93. The molecule has 0 atom stereocenters. The zero-order valence-electron chi connectivity index (χ0n) is 10.8. The van der Waals surface area contributed by atoms with Crippen LogP contribution in [-0.4, -0.2) is 22.3 Å². The Labute approximate surface area is 120 Å². The van der Waals surface area contributed by atoms with Crippen LogP contribution in [0.1, 0.15) is 37.4 Å². The average molecular weight is 322 g/mol. The molecular formula is C14H16BrN3O. The van der Waals surface area contributed by atoms with E-state index in [1.54, 1.807) is 7.11 Å². The number of hydrogen-bond acceptors (Lipinski definition) is 3. The lowest BCUT2D eigenvalue weighted by Crippen LogP contribution is -1.94. The molecule has 1 aliphatic carbocycles. The van der Waals surface area contributed by atoms with Gasteiger partial charge in [0.25, 0.3) is 0 Å². The van der Waals surface area contributed by atoms with Gasteiger partial charge in [0.15, 0.2) is 5.82 Å². The van der Waals surface area contributed by atoms with Crippen LogP contribution in [-0.2, 0) is 0 Å². The second kappa shape index (κ2) is 5.33. The van der Waals surface area contributed by atoms with Crippen LogP contribution >= 0.6 is 15.9 Å². The highest BCUT2D eigenvalue weighted by molar-refractivity contribution is 9.10. The van der Waals surface area contributed by atoms with Crippen LogP contribution in [0.25, 0.3) is 11.4 Å². The SMILES string of the molecule is COc1ccc(Br)c(-c2n[nH]c(C3CCCC3)n2)c1. The summed E-state index contributed by atoms with van der Waals surface area (Å²) in [5, 5.41) is 7.43. The maximum absolute atomic E-state index is 5.25. The van der Waals surface area contributed by atoms with E-state index in [4.69, 9.17) is 4.74 Å². The molecule has 0 unspecified atom stereocenters. The number of rotatable bonds is 3. The van der Waals surface area contributed by atoms with E-state index >= 15 is 0 Å². The van der Waals surface area contributed by atoms with Crippen LogP contribution in [0.2, 0.25) is 0 Å². The number of nitrogens with zero attached hydrogens (tertiary/aromatic N) is 2. The predicted molar refractivity (Wildman–Crippen MR) is 77.3 cm³/mol. The third-order valence-electron chi connectivity index (χ3n) is 3.66. The van der Waals surface area contributed by atoms with E-state index in [1.165, 1.54) is 25.7 Å². The van der Waals surface area contributed by atoms with Gasteiger partial charge in [-0.3, -0.25) is 5.10 Å². The van der Waals surface area contributed by atoms with Crippen LogP contribution in [0.15, 0.2) is 22.7 Å². The Hall–Kier alpha value is -1.36. The van der Waals surface area contributed by atoms with E-state index in [0.29, 0.717) is 5.92 Å². The molecule has 1 fully saturated rings. The van der Waals surface area contributed by atoms with Gasteiger partial charge in [0.05, 0.1) is 7.11 Å². The number of halogens is 1. The molecule has 1 heterocycles. The van der Waals surface area contributed by atoms with Crippen LogP contribution in [0.5, 0.6) is 5.75 Å². The van der Waals surface area contributed by atoms with Crippen molar-refractivity contribution in [2.75, 3.05) is 7.11 Å². The third-order valence-corrected chi connectivity index (χ3v) is 4.35. The van der Waals surface area contributed by atoms with Gasteiger partial charge in [-0.1, -0.05) is 28.8 Å². The monoisotopic (exact) mass is 321 g/mol. The molecule has 0 radical (unpaired) electrons. The van der Waals surface area contributed by atoms with Crippen molar-refractivity contribution in [1.82, 2.24) is 15.2 Å². The number of hydrogen-bond donors (Lipinski definition) is 1. The van der Waals surface area contributed by atoms with E-state index in [-0.39, 0.29) is 0 Å². The number of ether oxygens (including phenoxy) is 1. The van der Waals surface area contributed by atoms with Gasteiger partial charge in [0.1, 0.15) is 11.6 Å². The molecule has 19 heavy (non-hydrogen) atoms. The van der Waals surface area contributed by atoms with Crippen molar-refractivity contribution in [3.63, 3.8) is 0 Å². The quantitative estimate of drug-likeness (QED) is 0.932. The average Bonchev–Trinajstić information content (AvgIpc) is 3.10. The normalized spacial score (nSPS) is 15.9. The minimum atomic E-state index is 0.547. The van der Waals surface area contributed by atoms with Gasteiger partial charge in [-0.2, -0.15) is 5.10 Å². The van der Waals surface area contributed by atoms with E-state index < -0.39 is 0 Å². The van der Waals surface area contributed by atoms with Gasteiger partial charge in [-0.25, -0.2) is 4.98 Å². The molecule has 0 saturated heterocycles. The Bertz CT molecular complexity index is 576. The molecule has 0 spiro atoms. The summed E-state index contributed by atoms with van der Waals surface area (Å²) in [6.45, 7) is 0. The molecule has 3 rings (SSSR count). The van der Waals surface area contributed by atoms with Crippen LogP contribution in [0.4, 0.5) is 0 Å². The van der Waals surface area contributed by atoms with Crippen molar-refractivity contribution in [3.05, 3.63) is 28.5 Å². The van der Waals surface area contributed by atoms with Crippen molar-refractivity contribution < 1.29 is 4.74 Å². The summed E-state index contributed by atoms with van der Waals surface area (Å²) < 4.78 is 6.23. The number of benzene rings is 1. The first-order valence-electron chi connectivity index (χ1n) is 6.54. The lowest BCUT2D eigenvalue weighted by atomic mass is 10.1. The summed E-state index contributed by atoms with van der Waals surface area (Å²) in [6.07, 6.45) is 5.02. The maximum Gasteiger partial charge on any atom is 0.182 e. The van der Waals surface area contributed by atoms with Crippen molar-refractivity contribution >= 4 is 15.9 Å². The molecule has 1 aliphatic rings. The van der Waals surface area contributed by atoms with E-state index in [0.717, 1.165) is 27.4 Å². The highest BCUT2D eigenvalue weighted by Crippen LogP contribution is 2.34. The molecule has 1 aromatic carbocycles. The molecule has 5 heteroatoms. The third kappa shape index (κ3) is 2.52. The largest absolute Gasteiger partial charge is 0.497 e. The fraction of sp³-hybridized carbons (Fsp3) is 0.429. The number of methoxy groups -OCH3 is 1. The summed E-state index contributed by atoms with van der Waals surface area (Å²) in [4.78, 5) is 4.65. The summed E-state index contributed by atoms with van der Waals surface area (Å²) in [5.41, 5.74) is 0.958. The summed E-state index contributed by atoms with van der Waals surface area (Å²) >= 11 is 3.54. The number of H-pyrrole nitrogens is 1. The highest BCUT2D eigenvalue weighted by atomic mass is 79.9. The van der Waals surface area contributed by atoms with Crippen LogP contribution in [0.3, 0.4) is 0 Å². The molecule has 1 aromatic heterocycles. The zero-order chi connectivity index (χ0) is 13.2. The molecular weight excluding hydrogens is 306 g/mol. The van der Waals surface area contributed by atoms with E-state index in [1.807, 2.05) is 18.2 Å². The molecule has 1 saturated carbocycles. The molecule has 1 N–H and O–H groups in total. The second-order valence-corrected chi connectivity index (χ2v) is 5.73. The number of aromatic nitrogens is 3. The van der Waals surface area contributed by atoms with Crippen molar-refractivity contribution in [3.8, 4) is 17.1 Å². The first kappa shape index (κ1) is 12.7. The molecule has 0 bridgehead atoms. The minimum absolute atomic E-state index is 0.547. The van der Waals surface area contributed by atoms with Crippen molar-refractivity contribution in [2.24, 2.45) is 0 Å². The van der Waals surface area contributed by atoms with Gasteiger partial charge in [0, 0.05) is 16.0 Å². The lowest BCUT2D eigenvalue weighted by molar-refractivity contribution is 0.415.